The SMILES string of the molecule is Cn1cnc(CNc2ncc(Br)cc2[N+](=O)[O-])n1. The van der Waals surface area contributed by atoms with Crippen molar-refractivity contribution in [3.8, 4) is 0 Å². The number of pyridine rings is 1. The highest BCUT2D eigenvalue weighted by Gasteiger charge is 2.15. The van der Waals surface area contributed by atoms with Gasteiger partial charge in [0.05, 0.1) is 11.5 Å². The molecular weight excluding hydrogens is 304 g/mol. The predicted molar refractivity (Wildman–Crippen MR) is 66.9 cm³/mol. The number of nitrogens with zero attached hydrogens (tertiary/aromatic N) is 5. The van der Waals surface area contributed by atoms with Gasteiger partial charge in [-0.25, -0.2) is 9.97 Å². The molecule has 9 heteroatoms. The first-order chi connectivity index (χ1) is 8.56. The van der Waals surface area contributed by atoms with Crippen molar-refractivity contribution in [2.75, 3.05) is 5.32 Å². The quantitative estimate of drug-likeness (QED) is 0.678. The number of nitro groups is 1. The zero-order chi connectivity index (χ0) is 13.1. The summed E-state index contributed by atoms with van der Waals surface area (Å²) in [5.41, 5.74) is -0.0969. The van der Waals surface area contributed by atoms with Gasteiger partial charge in [0.1, 0.15) is 6.33 Å². The van der Waals surface area contributed by atoms with E-state index in [4.69, 9.17) is 0 Å². The molecule has 0 aliphatic heterocycles. The van der Waals surface area contributed by atoms with Crippen molar-refractivity contribution >= 4 is 27.4 Å². The Balaban J connectivity index is 2.16. The largest absolute Gasteiger partial charge is 0.357 e. The Morgan fingerprint density at radius 2 is 2.33 bits per heavy atom. The molecular formula is C9H9BrN6O2. The maximum Gasteiger partial charge on any atom is 0.312 e. The Kier molecular flexibility index (Phi) is 3.51. The van der Waals surface area contributed by atoms with Crippen LogP contribution in [0, 0.1) is 10.1 Å². The Hall–Kier alpha value is -2.03. The van der Waals surface area contributed by atoms with Crippen LogP contribution in [0.5, 0.6) is 0 Å². The van der Waals surface area contributed by atoms with Crippen LogP contribution < -0.4 is 5.32 Å². The fourth-order valence-corrected chi connectivity index (χ4v) is 1.65. The van der Waals surface area contributed by atoms with Gasteiger partial charge in [0, 0.05) is 23.8 Å². The summed E-state index contributed by atoms with van der Waals surface area (Å²) in [6, 6.07) is 1.39. The molecule has 1 N–H and O–H groups in total. The molecule has 0 aliphatic rings. The van der Waals surface area contributed by atoms with Gasteiger partial charge in [-0.3, -0.25) is 14.8 Å². The number of aromatic nitrogens is 4. The molecule has 0 spiro atoms. The summed E-state index contributed by atoms with van der Waals surface area (Å²) in [6.45, 7) is 0.274. The number of rotatable bonds is 4. The van der Waals surface area contributed by atoms with Gasteiger partial charge in [-0.05, 0) is 15.9 Å². The fourth-order valence-electron chi connectivity index (χ4n) is 1.33. The Labute approximate surface area is 110 Å². The first-order valence-electron chi connectivity index (χ1n) is 4.94. The average Bonchev–Trinajstić information content (AvgIpc) is 2.73. The van der Waals surface area contributed by atoms with Crippen LogP contribution in [0.25, 0.3) is 0 Å². The van der Waals surface area contributed by atoms with E-state index in [1.165, 1.54) is 12.3 Å². The van der Waals surface area contributed by atoms with Crippen molar-refractivity contribution in [3.63, 3.8) is 0 Å². The Morgan fingerprint density at radius 1 is 1.56 bits per heavy atom. The lowest BCUT2D eigenvalue weighted by molar-refractivity contribution is -0.384. The van der Waals surface area contributed by atoms with Crippen molar-refractivity contribution in [3.05, 3.63) is 39.0 Å². The van der Waals surface area contributed by atoms with Gasteiger partial charge in [-0.2, -0.15) is 5.10 Å². The Morgan fingerprint density at radius 3 is 2.94 bits per heavy atom. The number of anilines is 1. The van der Waals surface area contributed by atoms with Crippen LogP contribution in [0.15, 0.2) is 23.1 Å². The van der Waals surface area contributed by atoms with Crippen LogP contribution in [-0.2, 0) is 13.6 Å². The Bertz CT molecular complexity index is 584. The lowest BCUT2D eigenvalue weighted by Crippen LogP contribution is -2.06. The molecule has 0 saturated carbocycles. The van der Waals surface area contributed by atoms with E-state index >= 15 is 0 Å². The van der Waals surface area contributed by atoms with Crippen molar-refractivity contribution in [2.24, 2.45) is 7.05 Å². The molecule has 0 atom stereocenters. The lowest BCUT2D eigenvalue weighted by Gasteiger charge is -2.03. The second-order valence-corrected chi connectivity index (χ2v) is 4.38. The third kappa shape index (κ3) is 2.80. The van der Waals surface area contributed by atoms with E-state index in [-0.39, 0.29) is 18.1 Å². The number of hydrogen-bond donors (Lipinski definition) is 1. The number of aryl methyl sites for hydroxylation is 1. The van der Waals surface area contributed by atoms with Crippen LogP contribution >= 0.6 is 15.9 Å². The summed E-state index contributed by atoms with van der Waals surface area (Å²) in [7, 11) is 1.75. The normalized spacial score (nSPS) is 10.3. The molecule has 0 amide bonds. The molecule has 2 aromatic heterocycles. The topological polar surface area (TPSA) is 98.8 Å². The molecule has 2 aromatic rings. The number of hydrogen-bond acceptors (Lipinski definition) is 6. The van der Waals surface area contributed by atoms with Gasteiger partial charge < -0.3 is 5.32 Å². The molecule has 0 saturated heterocycles. The highest BCUT2D eigenvalue weighted by atomic mass is 79.9. The molecule has 0 aliphatic carbocycles. The van der Waals surface area contributed by atoms with Crippen molar-refractivity contribution < 1.29 is 4.92 Å². The van der Waals surface area contributed by atoms with Gasteiger partial charge in [0.15, 0.2) is 5.82 Å². The standard InChI is InChI=1S/C9H9BrN6O2/c1-15-5-13-8(14-15)4-12-9-7(16(17)18)2-6(10)3-11-9/h2-3,5H,4H2,1H3,(H,11,12). The molecule has 0 bridgehead atoms. The maximum atomic E-state index is 10.9. The molecule has 18 heavy (non-hydrogen) atoms. The number of halogens is 1. The molecule has 0 radical (unpaired) electrons. The second-order valence-electron chi connectivity index (χ2n) is 3.47. The van der Waals surface area contributed by atoms with E-state index in [1.54, 1.807) is 18.1 Å². The van der Waals surface area contributed by atoms with Crippen LogP contribution in [0.3, 0.4) is 0 Å². The van der Waals surface area contributed by atoms with Crippen molar-refractivity contribution in [1.29, 1.82) is 0 Å². The van der Waals surface area contributed by atoms with E-state index in [1.807, 2.05) is 0 Å². The third-order valence-corrected chi connectivity index (χ3v) is 2.53. The van der Waals surface area contributed by atoms with E-state index in [0.29, 0.717) is 10.3 Å². The van der Waals surface area contributed by atoms with E-state index < -0.39 is 4.92 Å². The van der Waals surface area contributed by atoms with Gasteiger partial charge in [-0.1, -0.05) is 0 Å². The van der Waals surface area contributed by atoms with Gasteiger partial charge >= 0.3 is 5.69 Å². The minimum absolute atomic E-state index is 0.0969. The van der Waals surface area contributed by atoms with Crippen LogP contribution in [0.4, 0.5) is 11.5 Å². The molecule has 8 nitrogen and oxygen atoms in total. The van der Waals surface area contributed by atoms with E-state index in [2.05, 4.69) is 36.3 Å². The maximum absolute atomic E-state index is 10.9. The van der Waals surface area contributed by atoms with Crippen LogP contribution in [0.2, 0.25) is 0 Å². The summed E-state index contributed by atoms with van der Waals surface area (Å²) < 4.78 is 2.11. The summed E-state index contributed by atoms with van der Waals surface area (Å²) in [4.78, 5) is 18.3. The lowest BCUT2D eigenvalue weighted by atomic mass is 10.4. The summed E-state index contributed by atoms with van der Waals surface area (Å²) in [6.07, 6.45) is 3.04. The summed E-state index contributed by atoms with van der Waals surface area (Å²) in [5, 5.41) is 17.8. The fraction of sp³-hybridized carbons (Fsp3) is 0.222. The van der Waals surface area contributed by atoms with Gasteiger partial charge in [-0.15, -0.1) is 0 Å². The average molecular weight is 313 g/mol. The zero-order valence-corrected chi connectivity index (χ0v) is 11.0. The van der Waals surface area contributed by atoms with Crippen molar-refractivity contribution in [1.82, 2.24) is 19.7 Å². The van der Waals surface area contributed by atoms with E-state index in [0.717, 1.165) is 0 Å². The molecule has 0 fully saturated rings. The highest BCUT2D eigenvalue weighted by molar-refractivity contribution is 9.10. The van der Waals surface area contributed by atoms with Crippen LogP contribution in [0.1, 0.15) is 5.82 Å². The molecule has 2 heterocycles. The summed E-state index contributed by atoms with van der Waals surface area (Å²) >= 11 is 3.14. The molecule has 2 rings (SSSR count). The minimum Gasteiger partial charge on any atom is -0.357 e. The monoisotopic (exact) mass is 312 g/mol. The number of nitrogens with one attached hydrogen (secondary N) is 1. The van der Waals surface area contributed by atoms with Gasteiger partial charge in [0.25, 0.3) is 0 Å². The molecule has 0 aromatic carbocycles. The molecule has 0 unspecified atom stereocenters. The van der Waals surface area contributed by atoms with Crippen molar-refractivity contribution in [2.45, 2.75) is 6.54 Å². The first kappa shape index (κ1) is 12.4. The third-order valence-electron chi connectivity index (χ3n) is 2.09. The zero-order valence-electron chi connectivity index (χ0n) is 9.37. The smallest absolute Gasteiger partial charge is 0.312 e. The minimum atomic E-state index is -0.494. The van der Waals surface area contributed by atoms with Gasteiger partial charge in [0.2, 0.25) is 5.82 Å². The van der Waals surface area contributed by atoms with Crippen LogP contribution in [-0.4, -0.2) is 24.7 Å². The first-order valence-corrected chi connectivity index (χ1v) is 5.74. The second kappa shape index (κ2) is 5.08. The molecule has 94 valence electrons. The van der Waals surface area contributed by atoms with E-state index in [9.17, 15) is 10.1 Å². The predicted octanol–water partition coefficient (Wildman–Crippen LogP) is 1.49. The highest BCUT2D eigenvalue weighted by Crippen LogP contribution is 2.25. The summed E-state index contributed by atoms with van der Waals surface area (Å²) in [5.74, 6) is 0.729.